The summed E-state index contributed by atoms with van der Waals surface area (Å²) in [6, 6.07) is 15.9. The van der Waals surface area contributed by atoms with E-state index in [9.17, 15) is 23.1 Å². The van der Waals surface area contributed by atoms with Crippen LogP contribution in [0.2, 0.25) is 0 Å². The van der Waals surface area contributed by atoms with E-state index in [1.54, 1.807) is 11.0 Å². The third kappa shape index (κ3) is 6.16. The Labute approximate surface area is 204 Å². The van der Waals surface area contributed by atoms with Crippen LogP contribution in [-0.4, -0.2) is 59.0 Å². The van der Waals surface area contributed by atoms with Gasteiger partial charge in [-0.25, -0.2) is 0 Å². The summed E-state index contributed by atoms with van der Waals surface area (Å²) in [6.45, 7) is 4.52. The largest absolute Gasteiger partial charge is 0.573 e. The molecule has 1 aliphatic heterocycles. The van der Waals surface area contributed by atoms with Crippen molar-refractivity contribution < 1.29 is 27.8 Å². The zero-order valence-corrected chi connectivity index (χ0v) is 20.0. The maximum Gasteiger partial charge on any atom is 0.573 e. The highest BCUT2D eigenvalue weighted by atomic mass is 19.4. The maximum absolute atomic E-state index is 13.8. The van der Waals surface area contributed by atoms with Crippen molar-refractivity contribution in [1.82, 2.24) is 9.80 Å². The fourth-order valence-electron chi connectivity index (χ4n) is 5.48. The quantitative estimate of drug-likeness (QED) is 0.600. The van der Waals surface area contributed by atoms with Gasteiger partial charge in [-0.1, -0.05) is 61.7 Å². The second kappa shape index (κ2) is 10.6. The number of hydrogen-bond acceptors (Lipinski definition) is 4. The van der Waals surface area contributed by atoms with Gasteiger partial charge in [0, 0.05) is 32.2 Å². The molecule has 0 aromatic heterocycles. The summed E-state index contributed by atoms with van der Waals surface area (Å²) >= 11 is 0. The van der Waals surface area contributed by atoms with Crippen LogP contribution in [0.4, 0.5) is 13.2 Å². The number of hydrogen-bond donors (Lipinski definition) is 1. The molecule has 2 atom stereocenters. The minimum Gasteiger partial charge on any atom is -0.406 e. The van der Waals surface area contributed by atoms with E-state index in [1.165, 1.54) is 23.8 Å². The number of ether oxygens (including phenoxy) is 1. The zero-order chi connectivity index (χ0) is 25.1. The standard InChI is InChI=1S/C27H33F3N2O3/c1-20(21-9-4-2-5-10-21)31-15-17-32(18-16-31)25(33)24(26(34)13-6-3-7-14-26)22-11-8-12-23(19-22)35-27(28,29)30/h2,4-5,8-12,19-20,24,34H,3,6-7,13-18H2,1H3/t20-,24+/m1/s1. The molecule has 0 radical (unpaired) electrons. The van der Waals surface area contributed by atoms with Gasteiger partial charge in [-0.2, -0.15) is 0 Å². The lowest BCUT2D eigenvalue weighted by Crippen LogP contribution is -2.54. The van der Waals surface area contributed by atoms with E-state index in [0.29, 0.717) is 44.6 Å². The van der Waals surface area contributed by atoms with Crippen LogP contribution in [0.1, 0.15) is 62.1 Å². The minimum atomic E-state index is -4.83. The molecular formula is C27H33F3N2O3. The Balaban J connectivity index is 1.53. The van der Waals surface area contributed by atoms with Crippen LogP contribution < -0.4 is 4.74 Å². The van der Waals surface area contributed by atoms with E-state index in [4.69, 9.17) is 0 Å². The average molecular weight is 491 g/mol. The summed E-state index contributed by atoms with van der Waals surface area (Å²) in [5.74, 6) is -1.54. The number of halogens is 3. The molecule has 0 bridgehead atoms. The average Bonchev–Trinajstić information content (AvgIpc) is 2.84. The van der Waals surface area contributed by atoms with Gasteiger partial charge < -0.3 is 14.7 Å². The number of piperazine rings is 1. The number of rotatable bonds is 6. The monoisotopic (exact) mass is 490 g/mol. The summed E-state index contributed by atoms with van der Waals surface area (Å²) in [7, 11) is 0. The van der Waals surface area contributed by atoms with E-state index in [-0.39, 0.29) is 17.7 Å². The molecule has 2 aromatic rings. The van der Waals surface area contributed by atoms with Gasteiger partial charge in [0.15, 0.2) is 0 Å². The number of amides is 1. The SMILES string of the molecule is C[C@H](c1ccccc1)N1CCN(C(=O)[C@H](c2cccc(OC(F)(F)F)c2)C2(O)CCCCC2)CC1. The molecule has 1 amide bonds. The van der Waals surface area contributed by atoms with Crippen molar-refractivity contribution in [1.29, 1.82) is 0 Å². The lowest BCUT2D eigenvalue weighted by atomic mass is 9.72. The summed E-state index contributed by atoms with van der Waals surface area (Å²) < 4.78 is 42.6. The minimum absolute atomic E-state index is 0.211. The van der Waals surface area contributed by atoms with Crippen molar-refractivity contribution in [2.24, 2.45) is 0 Å². The van der Waals surface area contributed by atoms with Gasteiger partial charge in [-0.3, -0.25) is 9.69 Å². The molecule has 4 rings (SSSR count). The molecule has 2 fully saturated rings. The van der Waals surface area contributed by atoms with Gasteiger partial charge >= 0.3 is 6.36 Å². The predicted octanol–water partition coefficient (Wildman–Crippen LogP) is 5.27. The lowest BCUT2D eigenvalue weighted by Gasteiger charge is -2.43. The Hall–Kier alpha value is -2.58. The van der Waals surface area contributed by atoms with Crippen molar-refractivity contribution in [2.45, 2.75) is 63.0 Å². The highest BCUT2D eigenvalue weighted by molar-refractivity contribution is 5.85. The third-order valence-electron chi connectivity index (χ3n) is 7.38. The molecule has 190 valence electrons. The van der Waals surface area contributed by atoms with Crippen molar-refractivity contribution in [3.8, 4) is 5.75 Å². The van der Waals surface area contributed by atoms with Gasteiger partial charge in [0.2, 0.25) is 5.91 Å². The Morgan fingerprint density at radius 3 is 2.20 bits per heavy atom. The van der Waals surface area contributed by atoms with Gasteiger partial charge in [0.05, 0.1) is 11.5 Å². The molecule has 1 saturated carbocycles. The predicted molar refractivity (Wildman–Crippen MR) is 127 cm³/mol. The summed E-state index contributed by atoms with van der Waals surface area (Å²) in [5.41, 5.74) is 0.282. The Morgan fingerprint density at radius 2 is 1.57 bits per heavy atom. The van der Waals surface area contributed by atoms with Crippen LogP contribution in [-0.2, 0) is 4.79 Å². The van der Waals surface area contributed by atoms with Crippen LogP contribution >= 0.6 is 0 Å². The Bertz CT molecular complexity index is 985. The number of benzene rings is 2. The van der Waals surface area contributed by atoms with Crippen molar-refractivity contribution in [3.63, 3.8) is 0 Å². The molecule has 0 unspecified atom stereocenters. The number of carbonyl (C=O) groups excluding carboxylic acids is 1. The van der Waals surface area contributed by atoms with E-state index in [0.717, 1.165) is 19.3 Å². The highest BCUT2D eigenvalue weighted by Crippen LogP contribution is 2.42. The molecular weight excluding hydrogens is 457 g/mol. The number of alkyl halides is 3. The molecule has 2 aliphatic rings. The van der Waals surface area contributed by atoms with Crippen LogP contribution in [0, 0.1) is 0 Å². The van der Waals surface area contributed by atoms with Crippen molar-refractivity contribution in [3.05, 3.63) is 65.7 Å². The molecule has 2 aromatic carbocycles. The lowest BCUT2D eigenvalue weighted by molar-refractivity contribution is -0.274. The van der Waals surface area contributed by atoms with Crippen molar-refractivity contribution in [2.75, 3.05) is 26.2 Å². The summed E-state index contributed by atoms with van der Waals surface area (Å²) in [6.07, 6.45) is -1.41. The second-order valence-electron chi connectivity index (χ2n) is 9.67. The van der Waals surface area contributed by atoms with Crippen LogP contribution in [0.5, 0.6) is 5.75 Å². The fourth-order valence-corrected chi connectivity index (χ4v) is 5.48. The van der Waals surface area contributed by atoms with Crippen molar-refractivity contribution >= 4 is 5.91 Å². The molecule has 1 saturated heterocycles. The topological polar surface area (TPSA) is 53.0 Å². The fraction of sp³-hybridized carbons (Fsp3) is 0.519. The summed E-state index contributed by atoms with van der Waals surface area (Å²) in [4.78, 5) is 17.9. The molecule has 8 heteroatoms. The first kappa shape index (κ1) is 25.5. The Kier molecular flexibility index (Phi) is 7.71. The first-order chi connectivity index (χ1) is 16.7. The van der Waals surface area contributed by atoms with E-state index in [2.05, 4.69) is 28.7 Å². The molecule has 35 heavy (non-hydrogen) atoms. The molecule has 1 aliphatic carbocycles. The third-order valence-corrected chi connectivity index (χ3v) is 7.38. The highest BCUT2D eigenvalue weighted by Gasteiger charge is 2.45. The molecule has 5 nitrogen and oxygen atoms in total. The number of carbonyl (C=O) groups is 1. The number of aliphatic hydroxyl groups is 1. The maximum atomic E-state index is 13.8. The smallest absolute Gasteiger partial charge is 0.406 e. The second-order valence-corrected chi connectivity index (χ2v) is 9.67. The van der Waals surface area contributed by atoms with Crippen LogP contribution in [0.25, 0.3) is 0 Å². The van der Waals surface area contributed by atoms with Gasteiger partial charge in [0.25, 0.3) is 0 Å². The summed E-state index contributed by atoms with van der Waals surface area (Å²) in [5, 5.41) is 11.6. The van der Waals surface area contributed by atoms with Gasteiger partial charge in [-0.15, -0.1) is 13.2 Å². The first-order valence-electron chi connectivity index (χ1n) is 12.3. The van der Waals surface area contributed by atoms with E-state index in [1.807, 2.05) is 18.2 Å². The zero-order valence-electron chi connectivity index (χ0n) is 20.0. The van der Waals surface area contributed by atoms with Crippen LogP contribution in [0.3, 0.4) is 0 Å². The number of nitrogens with zero attached hydrogens (tertiary/aromatic N) is 2. The first-order valence-corrected chi connectivity index (χ1v) is 12.3. The van der Waals surface area contributed by atoms with E-state index < -0.39 is 17.9 Å². The normalized spacial score (nSPS) is 20.8. The van der Waals surface area contributed by atoms with Gasteiger partial charge in [-0.05, 0) is 43.0 Å². The Morgan fingerprint density at radius 1 is 0.943 bits per heavy atom. The molecule has 0 spiro atoms. The van der Waals surface area contributed by atoms with E-state index >= 15 is 0 Å². The van der Waals surface area contributed by atoms with Crippen LogP contribution in [0.15, 0.2) is 54.6 Å². The molecule has 1 heterocycles. The van der Waals surface area contributed by atoms with Gasteiger partial charge in [0.1, 0.15) is 5.75 Å². The molecule has 1 N–H and O–H groups in total.